The summed E-state index contributed by atoms with van der Waals surface area (Å²) in [6.45, 7) is -0.230. The summed E-state index contributed by atoms with van der Waals surface area (Å²) in [5.41, 5.74) is 2.14. The Morgan fingerprint density at radius 3 is 2.53 bits per heavy atom. The first-order chi connectivity index (χ1) is 9.29. The van der Waals surface area contributed by atoms with Crippen LogP contribution in [0.25, 0.3) is 22.6 Å². The number of aliphatic hydroxyl groups excluding tert-OH is 1. The smallest absolute Gasteiger partial charge is 0.194 e. The second kappa shape index (κ2) is 4.91. The van der Waals surface area contributed by atoms with Crippen LogP contribution in [0.4, 0.5) is 0 Å². The van der Waals surface area contributed by atoms with Crippen LogP contribution in [0, 0.1) is 0 Å². The largest absolute Gasteiger partial charge is 0.443 e. The zero-order valence-electron chi connectivity index (χ0n) is 9.84. The van der Waals surface area contributed by atoms with Gasteiger partial charge in [0.05, 0.1) is 5.56 Å². The van der Waals surface area contributed by atoms with Crippen molar-refractivity contribution in [3.63, 3.8) is 0 Å². The molecule has 96 valence electrons. The maximum absolute atomic E-state index is 9.35. The molecule has 0 fully saturated rings. The zero-order valence-corrected chi connectivity index (χ0v) is 10.6. The van der Waals surface area contributed by atoms with Crippen molar-refractivity contribution in [1.29, 1.82) is 0 Å². The number of hydrogen-bond acceptors (Lipinski definition) is 4. The molecule has 1 N–H and O–H groups in total. The lowest BCUT2D eigenvalue weighted by Crippen LogP contribution is -1.86. The van der Waals surface area contributed by atoms with Gasteiger partial charge in [0.25, 0.3) is 0 Å². The summed E-state index contributed by atoms with van der Waals surface area (Å²) in [5, 5.41) is 13.6. The molecule has 1 aromatic carbocycles. The third kappa shape index (κ3) is 2.16. The maximum atomic E-state index is 9.35. The molecule has 0 atom stereocenters. The number of rotatable bonds is 3. The standard InChI is InChI=1S/C14H10ClNO3/c15-12-7-6-10(18-12)14-13(11(8-17)19-16-14)9-4-2-1-3-5-9/h1-7,17H,8H2. The molecule has 0 aliphatic heterocycles. The van der Waals surface area contributed by atoms with Crippen molar-refractivity contribution in [2.24, 2.45) is 0 Å². The molecule has 3 aromatic rings. The molecular weight excluding hydrogens is 266 g/mol. The fourth-order valence-electron chi connectivity index (χ4n) is 1.94. The summed E-state index contributed by atoms with van der Waals surface area (Å²) in [7, 11) is 0. The molecule has 5 heteroatoms. The summed E-state index contributed by atoms with van der Waals surface area (Å²) in [6.07, 6.45) is 0. The van der Waals surface area contributed by atoms with E-state index in [0.29, 0.717) is 22.8 Å². The highest BCUT2D eigenvalue weighted by Crippen LogP contribution is 2.35. The number of aliphatic hydroxyl groups is 1. The Bertz CT molecular complexity index is 688. The first kappa shape index (κ1) is 12.0. The van der Waals surface area contributed by atoms with E-state index < -0.39 is 0 Å². The van der Waals surface area contributed by atoms with Crippen LogP contribution in [0.15, 0.2) is 51.4 Å². The first-order valence-electron chi connectivity index (χ1n) is 5.70. The van der Waals surface area contributed by atoms with E-state index in [0.717, 1.165) is 5.56 Å². The molecule has 0 saturated heterocycles. The molecule has 0 radical (unpaired) electrons. The van der Waals surface area contributed by atoms with Crippen LogP contribution in [-0.2, 0) is 6.61 Å². The Morgan fingerprint density at radius 1 is 1.11 bits per heavy atom. The van der Waals surface area contributed by atoms with Gasteiger partial charge in [0.2, 0.25) is 0 Å². The average Bonchev–Trinajstić information content (AvgIpc) is 3.05. The highest BCUT2D eigenvalue weighted by Gasteiger charge is 2.20. The van der Waals surface area contributed by atoms with Crippen LogP contribution >= 0.6 is 11.6 Å². The summed E-state index contributed by atoms with van der Waals surface area (Å²) in [6, 6.07) is 12.9. The van der Waals surface area contributed by atoms with E-state index in [1.54, 1.807) is 12.1 Å². The van der Waals surface area contributed by atoms with Crippen molar-refractivity contribution < 1.29 is 14.0 Å². The summed E-state index contributed by atoms with van der Waals surface area (Å²) in [5.74, 6) is 0.904. The van der Waals surface area contributed by atoms with Crippen LogP contribution in [0.1, 0.15) is 5.76 Å². The minimum absolute atomic E-state index is 0.230. The van der Waals surface area contributed by atoms with E-state index in [4.69, 9.17) is 20.5 Å². The molecule has 0 amide bonds. The molecule has 0 saturated carbocycles. The number of hydrogen-bond donors (Lipinski definition) is 1. The second-order valence-corrected chi connectivity index (χ2v) is 4.33. The quantitative estimate of drug-likeness (QED) is 0.791. The minimum atomic E-state index is -0.230. The lowest BCUT2D eigenvalue weighted by Gasteiger charge is -2.01. The Labute approximate surface area is 114 Å². The van der Waals surface area contributed by atoms with Crippen LogP contribution in [0.2, 0.25) is 5.22 Å². The Morgan fingerprint density at radius 2 is 1.89 bits per heavy atom. The van der Waals surface area contributed by atoms with Gasteiger partial charge in [-0.05, 0) is 29.3 Å². The van der Waals surface area contributed by atoms with E-state index >= 15 is 0 Å². The predicted octanol–water partition coefficient (Wildman–Crippen LogP) is 3.75. The Kier molecular flexibility index (Phi) is 3.11. The van der Waals surface area contributed by atoms with E-state index in [1.165, 1.54) is 0 Å². The fourth-order valence-corrected chi connectivity index (χ4v) is 2.09. The number of aromatic nitrogens is 1. The van der Waals surface area contributed by atoms with Crippen molar-refractivity contribution in [3.8, 4) is 22.6 Å². The third-order valence-electron chi connectivity index (χ3n) is 2.78. The molecule has 2 aromatic heterocycles. The van der Waals surface area contributed by atoms with Crippen molar-refractivity contribution in [3.05, 3.63) is 53.4 Å². The van der Waals surface area contributed by atoms with E-state index in [-0.39, 0.29) is 11.8 Å². The van der Waals surface area contributed by atoms with Crippen molar-refractivity contribution in [1.82, 2.24) is 5.16 Å². The van der Waals surface area contributed by atoms with E-state index in [2.05, 4.69) is 5.16 Å². The van der Waals surface area contributed by atoms with Gasteiger partial charge < -0.3 is 14.0 Å². The van der Waals surface area contributed by atoms with Crippen molar-refractivity contribution >= 4 is 11.6 Å². The molecule has 19 heavy (non-hydrogen) atoms. The molecule has 0 spiro atoms. The van der Waals surface area contributed by atoms with Gasteiger partial charge in [-0.25, -0.2) is 0 Å². The predicted molar refractivity (Wildman–Crippen MR) is 70.6 cm³/mol. The molecule has 0 aliphatic carbocycles. The van der Waals surface area contributed by atoms with E-state index in [9.17, 15) is 5.11 Å². The molecule has 4 nitrogen and oxygen atoms in total. The highest BCUT2D eigenvalue weighted by atomic mass is 35.5. The van der Waals surface area contributed by atoms with Crippen molar-refractivity contribution in [2.75, 3.05) is 0 Å². The van der Waals surface area contributed by atoms with Gasteiger partial charge in [0.15, 0.2) is 22.4 Å². The molecule has 3 rings (SSSR count). The normalized spacial score (nSPS) is 10.8. The minimum Gasteiger partial charge on any atom is -0.443 e. The van der Waals surface area contributed by atoms with Gasteiger partial charge in [-0.2, -0.15) is 0 Å². The monoisotopic (exact) mass is 275 g/mol. The van der Waals surface area contributed by atoms with Crippen LogP contribution in [0.5, 0.6) is 0 Å². The lowest BCUT2D eigenvalue weighted by molar-refractivity contribution is 0.230. The summed E-state index contributed by atoms with van der Waals surface area (Å²) >= 11 is 5.77. The molecule has 0 bridgehead atoms. The molecular formula is C14H10ClNO3. The highest BCUT2D eigenvalue weighted by molar-refractivity contribution is 6.29. The lowest BCUT2D eigenvalue weighted by atomic mass is 10.0. The average molecular weight is 276 g/mol. The SMILES string of the molecule is OCc1onc(-c2ccc(Cl)o2)c1-c1ccccc1. The third-order valence-corrected chi connectivity index (χ3v) is 2.98. The van der Waals surface area contributed by atoms with Gasteiger partial charge in [-0.1, -0.05) is 35.5 Å². The topological polar surface area (TPSA) is 59.4 Å². The molecule has 2 heterocycles. The number of halogens is 1. The van der Waals surface area contributed by atoms with Crippen LogP contribution in [0.3, 0.4) is 0 Å². The Balaban J connectivity index is 2.19. The second-order valence-electron chi connectivity index (χ2n) is 3.96. The van der Waals surface area contributed by atoms with Gasteiger partial charge in [0, 0.05) is 0 Å². The number of furan rings is 1. The number of benzene rings is 1. The molecule has 0 aliphatic rings. The van der Waals surface area contributed by atoms with Gasteiger partial charge in [-0.15, -0.1) is 0 Å². The summed E-state index contributed by atoms with van der Waals surface area (Å²) in [4.78, 5) is 0. The molecule has 0 unspecified atom stereocenters. The first-order valence-corrected chi connectivity index (χ1v) is 6.08. The van der Waals surface area contributed by atoms with E-state index in [1.807, 2.05) is 30.3 Å². The van der Waals surface area contributed by atoms with Crippen LogP contribution < -0.4 is 0 Å². The van der Waals surface area contributed by atoms with Crippen molar-refractivity contribution in [2.45, 2.75) is 6.61 Å². The van der Waals surface area contributed by atoms with Gasteiger partial charge in [-0.3, -0.25) is 0 Å². The maximum Gasteiger partial charge on any atom is 0.194 e. The Hall–Kier alpha value is -2.04. The summed E-state index contributed by atoms with van der Waals surface area (Å²) < 4.78 is 10.5. The zero-order chi connectivity index (χ0) is 13.2. The van der Waals surface area contributed by atoms with Gasteiger partial charge in [0.1, 0.15) is 6.61 Å². The van der Waals surface area contributed by atoms with Gasteiger partial charge >= 0.3 is 0 Å². The fraction of sp³-hybridized carbons (Fsp3) is 0.0714. The van der Waals surface area contributed by atoms with Crippen LogP contribution in [-0.4, -0.2) is 10.3 Å². The number of nitrogens with zero attached hydrogens (tertiary/aromatic N) is 1.